The summed E-state index contributed by atoms with van der Waals surface area (Å²) in [4.78, 5) is 12.0. The molecule has 19 heavy (non-hydrogen) atoms. The molecule has 0 bridgehead atoms. The summed E-state index contributed by atoms with van der Waals surface area (Å²) in [7, 11) is 0. The number of anilines is 1. The van der Waals surface area contributed by atoms with Gasteiger partial charge in [-0.15, -0.1) is 0 Å². The van der Waals surface area contributed by atoms with Crippen LogP contribution < -0.4 is 10.1 Å². The molecule has 0 atom stereocenters. The third kappa shape index (κ3) is 3.61. The van der Waals surface area contributed by atoms with Crippen LogP contribution in [0.4, 0.5) is 5.69 Å². The Morgan fingerprint density at radius 1 is 1.42 bits per heavy atom. The minimum atomic E-state index is -0.382. The molecular weight excluding hydrogens is 246 g/mol. The third-order valence-corrected chi connectivity index (χ3v) is 2.67. The number of ether oxygens (including phenoxy) is 3. The van der Waals surface area contributed by atoms with E-state index in [1.165, 1.54) is 0 Å². The second-order valence-electron chi connectivity index (χ2n) is 4.51. The SMILES string of the molecule is CC(C)OCCOC(=O)c1cccc2c1OCCN2. The molecule has 104 valence electrons. The summed E-state index contributed by atoms with van der Waals surface area (Å²) in [5, 5.41) is 3.18. The first kappa shape index (κ1) is 13.7. The molecule has 0 saturated carbocycles. The number of carbonyl (C=O) groups excluding carboxylic acids is 1. The molecule has 0 unspecified atom stereocenters. The van der Waals surface area contributed by atoms with Crippen molar-refractivity contribution in [3.8, 4) is 5.75 Å². The first-order chi connectivity index (χ1) is 9.18. The molecule has 0 fully saturated rings. The highest BCUT2D eigenvalue weighted by atomic mass is 16.6. The Morgan fingerprint density at radius 2 is 2.26 bits per heavy atom. The van der Waals surface area contributed by atoms with Crippen LogP contribution in [-0.2, 0) is 9.47 Å². The van der Waals surface area contributed by atoms with Crippen molar-refractivity contribution in [3.05, 3.63) is 23.8 Å². The van der Waals surface area contributed by atoms with Crippen LogP contribution in [0.5, 0.6) is 5.75 Å². The maximum absolute atomic E-state index is 12.0. The van der Waals surface area contributed by atoms with Gasteiger partial charge in [-0.05, 0) is 26.0 Å². The maximum Gasteiger partial charge on any atom is 0.342 e. The van der Waals surface area contributed by atoms with Crippen molar-refractivity contribution in [1.29, 1.82) is 0 Å². The number of benzene rings is 1. The van der Waals surface area contributed by atoms with E-state index >= 15 is 0 Å². The smallest absolute Gasteiger partial charge is 0.342 e. The summed E-state index contributed by atoms with van der Waals surface area (Å²) < 4.78 is 16.0. The number of hydrogen-bond acceptors (Lipinski definition) is 5. The van der Waals surface area contributed by atoms with Crippen molar-refractivity contribution in [2.75, 3.05) is 31.7 Å². The largest absolute Gasteiger partial charge is 0.489 e. The van der Waals surface area contributed by atoms with Gasteiger partial charge in [-0.1, -0.05) is 6.07 Å². The number of nitrogens with one attached hydrogen (secondary N) is 1. The molecule has 1 aromatic rings. The van der Waals surface area contributed by atoms with Crippen molar-refractivity contribution in [3.63, 3.8) is 0 Å². The lowest BCUT2D eigenvalue weighted by Crippen LogP contribution is -2.21. The van der Waals surface area contributed by atoms with E-state index in [1.807, 2.05) is 26.0 Å². The standard InChI is InChI=1S/C14H19NO4/c1-10(2)17-8-9-19-14(16)11-4-3-5-12-13(11)18-7-6-15-12/h3-5,10,15H,6-9H2,1-2H3. The summed E-state index contributed by atoms with van der Waals surface area (Å²) in [6.45, 7) is 5.82. The quantitative estimate of drug-likeness (QED) is 0.652. The third-order valence-electron chi connectivity index (χ3n) is 2.67. The van der Waals surface area contributed by atoms with Crippen LogP contribution in [0, 0.1) is 0 Å². The average molecular weight is 265 g/mol. The number of rotatable bonds is 5. The molecule has 5 nitrogen and oxygen atoms in total. The highest BCUT2D eigenvalue weighted by molar-refractivity contribution is 5.95. The Kier molecular flexibility index (Phi) is 4.63. The minimum Gasteiger partial charge on any atom is -0.489 e. The van der Waals surface area contributed by atoms with Crippen LogP contribution in [0.1, 0.15) is 24.2 Å². The van der Waals surface area contributed by atoms with Gasteiger partial charge in [0.25, 0.3) is 0 Å². The summed E-state index contributed by atoms with van der Waals surface area (Å²) in [5.74, 6) is 0.191. The fraction of sp³-hybridized carbons (Fsp3) is 0.500. The second-order valence-corrected chi connectivity index (χ2v) is 4.51. The molecule has 1 N–H and O–H groups in total. The molecule has 0 aromatic heterocycles. The second kappa shape index (κ2) is 6.43. The minimum absolute atomic E-state index is 0.135. The highest BCUT2D eigenvalue weighted by Gasteiger charge is 2.19. The van der Waals surface area contributed by atoms with E-state index in [-0.39, 0.29) is 18.7 Å². The maximum atomic E-state index is 12.0. The monoisotopic (exact) mass is 265 g/mol. The Morgan fingerprint density at radius 3 is 3.05 bits per heavy atom. The van der Waals surface area contributed by atoms with E-state index in [4.69, 9.17) is 14.2 Å². The van der Waals surface area contributed by atoms with Crippen LogP contribution in [0.15, 0.2) is 18.2 Å². The Bertz CT molecular complexity index is 445. The molecular formula is C14H19NO4. The van der Waals surface area contributed by atoms with Gasteiger partial charge in [-0.25, -0.2) is 4.79 Å². The topological polar surface area (TPSA) is 56.8 Å². The van der Waals surface area contributed by atoms with E-state index in [0.717, 1.165) is 12.2 Å². The Balaban J connectivity index is 1.95. The van der Waals surface area contributed by atoms with Crippen LogP contribution in [0.3, 0.4) is 0 Å². The molecule has 2 rings (SSSR count). The molecule has 1 aliphatic rings. The van der Waals surface area contributed by atoms with Crippen molar-refractivity contribution in [1.82, 2.24) is 0 Å². The first-order valence-corrected chi connectivity index (χ1v) is 6.47. The fourth-order valence-electron chi connectivity index (χ4n) is 1.83. The summed E-state index contributed by atoms with van der Waals surface area (Å²) >= 11 is 0. The van der Waals surface area contributed by atoms with Crippen molar-refractivity contribution < 1.29 is 19.0 Å². The molecule has 1 heterocycles. The predicted molar refractivity (Wildman–Crippen MR) is 71.8 cm³/mol. The van der Waals surface area contributed by atoms with Crippen LogP contribution >= 0.6 is 0 Å². The van der Waals surface area contributed by atoms with E-state index < -0.39 is 0 Å². The van der Waals surface area contributed by atoms with E-state index in [2.05, 4.69) is 5.32 Å². The lowest BCUT2D eigenvalue weighted by atomic mass is 10.1. The Hall–Kier alpha value is -1.75. The first-order valence-electron chi connectivity index (χ1n) is 6.47. The van der Waals surface area contributed by atoms with Gasteiger partial charge < -0.3 is 19.5 Å². The summed E-state index contributed by atoms with van der Waals surface area (Å²) in [6.07, 6.45) is 0.135. The van der Waals surface area contributed by atoms with Gasteiger partial charge in [-0.2, -0.15) is 0 Å². The van der Waals surface area contributed by atoms with Gasteiger partial charge in [0.2, 0.25) is 0 Å². The van der Waals surface area contributed by atoms with Gasteiger partial charge in [0.15, 0.2) is 5.75 Å². The lowest BCUT2D eigenvalue weighted by molar-refractivity contribution is 0.0174. The molecule has 0 saturated heterocycles. The lowest BCUT2D eigenvalue weighted by Gasteiger charge is -2.21. The fourth-order valence-corrected chi connectivity index (χ4v) is 1.83. The zero-order valence-corrected chi connectivity index (χ0v) is 11.3. The summed E-state index contributed by atoms with van der Waals surface area (Å²) in [5.41, 5.74) is 1.29. The average Bonchev–Trinajstić information content (AvgIpc) is 2.42. The Labute approximate surface area is 112 Å². The van der Waals surface area contributed by atoms with Crippen molar-refractivity contribution in [2.24, 2.45) is 0 Å². The van der Waals surface area contributed by atoms with Crippen LogP contribution in [0.2, 0.25) is 0 Å². The zero-order valence-electron chi connectivity index (χ0n) is 11.3. The summed E-state index contributed by atoms with van der Waals surface area (Å²) in [6, 6.07) is 5.40. The predicted octanol–water partition coefficient (Wildman–Crippen LogP) is 2.07. The van der Waals surface area contributed by atoms with Gasteiger partial charge in [0, 0.05) is 6.54 Å². The van der Waals surface area contributed by atoms with Gasteiger partial charge in [-0.3, -0.25) is 0 Å². The van der Waals surface area contributed by atoms with Gasteiger partial charge >= 0.3 is 5.97 Å². The molecule has 0 aliphatic carbocycles. The molecule has 1 aromatic carbocycles. The number of carbonyl (C=O) groups is 1. The molecule has 0 amide bonds. The molecule has 1 aliphatic heterocycles. The van der Waals surface area contributed by atoms with Crippen LogP contribution in [0.25, 0.3) is 0 Å². The normalized spacial score (nSPS) is 13.4. The highest BCUT2D eigenvalue weighted by Crippen LogP contribution is 2.31. The van der Waals surface area contributed by atoms with E-state index in [0.29, 0.717) is 24.5 Å². The van der Waals surface area contributed by atoms with Gasteiger partial charge in [0.05, 0.1) is 18.4 Å². The van der Waals surface area contributed by atoms with Gasteiger partial charge in [0.1, 0.15) is 18.8 Å². The molecule has 0 radical (unpaired) electrons. The van der Waals surface area contributed by atoms with Crippen molar-refractivity contribution >= 4 is 11.7 Å². The van der Waals surface area contributed by atoms with E-state index in [1.54, 1.807) is 6.07 Å². The number of hydrogen-bond donors (Lipinski definition) is 1. The number of fused-ring (bicyclic) bond motifs is 1. The number of para-hydroxylation sites is 1. The van der Waals surface area contributed by atoms with Crippen LogP contribution in [-0.4, -0.2) is 38.4 Å². The van der Waals surface area contributed by atoms with Crippen molar-refractivity contribution in [2.45, 2.75) is 20.0 Å². The zero-order chi connectivity index (χ0) is 13.7. The number of esters is 1. The molecule has 5 heteroatoms. The van der Waals surface area contributed by atoms with E-state index in [9.17, 15) is 4.79 Å². The molecule has 0 spiro atoms.